The average molecular weight is 389 g/mol. The van der Waals surface area contributed by atoms with Gasteiger partial charge in [-0.15, -0.1) is 0 Å². The molecule has 0 bridgehead atoms. The maximum Gasteiger partial charge on any atom is 0.225 e. The summed E-state index contributed by atoms with van der Waals surface area (Å²) in [6.45, 7) is 7.30. The van der Waals surface area contributed by atoms with Crippen molar-refractivity contribution in [1.29, 1.82) is 0 Å². The van der Waals surface area contributed by atoms with Crippen molar-refractivity contribution in [2.24, 2.45) is 5.73 Å². The van der Waals surface area contributed by atoms with Crippen LogP contribution in [-0.2, 0) is 0 Å². The van der Waals surface area contributed by atoms with Crippen LogP contribution in [0, 0.1) is 3.57 Å². The molecular formula is C14H24IN5. The van der Waals surface area contributed by atoms with E-state index >= 15 is 0 Å². The molecule has 1 aliphatic heterocycles. The average Bonchev–Trinajstić information content (AvgIpc) is 2.71. The molecule has 0 saturated carbocycles. The summed E-state index contributed by atoms with van der Waals surface area (Å²) < 4.78 is 1.08. The van der Waals surface area contributed by atoms with Crippen LogP contribution in [0.5, 0.6) is 0 Å². The molecule has 1 unspecified atom stereocenters. The molecule has 1 fully saturated rings. The number of aromatic nitrogens is 2. The van der Waals surface area contributed by atoms with Gasteiger partial charge < -0.3 is 10.6 Å². The highest BCUT2D eigenvalue weighted by Crippen LogP contribution is 2.15. The fraction of sp³-hybridized carbons (Fsp3) is 0.714. The van der Waals surface area contributed by atoms with Gasteiger partial charge >= 0.3 is 0 Å². The molecule has 2 rings (SSSR count). The molecule has 1 aliphatic rings. The predicted octanol–water partition coefficient (Wildman–Crippen LogP) is 1.72. The van der Waals surface area contributed by atoms with Gasteiger partial charge in [-0.05, 0) is 48.4 Å². The normalized spacial score (nSPS) is 18.9. The van der Waals surface area contributed by atoms with Gasteiger partial charge in [0.15, 0.2) is 0 Å². The highest BCUT2D eigenvalue weighted by Gasteiger charge is 2.21. The Labute approximate surface area is 135 Å². The summed E-state index contributed by atoms with van der Waals surface area (Å²) in [5.74, 6) is 0.860. The summed E-state index contributed by atoms with van der Waals surface area (Å²) in [5, 5.41) is 0. The molecular weight excluding hydrogens is 365 g/mol. The zero-order valence-corrected chi connectivity index (χ0v) is 14.3. The summed E-state index contributed by atoms with van der Waals surface area (Å²) in [4.78, 5) is 13.8. The molecule has 20 heavy (non-hydrogen) atoms. The number of anilines is 1. The Kier molecular flexibility index (Phi) is 6.44. The molecule has 0 amide bonds. The van der Waals surface area contributed by atoms with Crippen molar-refractivity contribution < 1.29 is 0 Å². The molecule has 1 saturated heterocycles. The standard InChI is InChI=1S/C14H24IN5/c1-2-13(4-5-16)19-6-3-7-20(9-8-19)14-17-10-12(15)11-18-14/h10-11,13H,2-9,16H2,1H3. The number of halogens is 1. The smallest absolute Gasteiger partial charge is 0.225 e. The number of nitrogens with two attached hydrogens (primary N) is 1. The Morgan fingerprint density at radius 1 is 1.25 bits per heavy atom. The Bertz CT molecular complexity index is 397. The number of hydrogen-bond acceptors (Lipinski definition) is 5. The third kappa shape index (κ3) is 4.26. The van der Waals surface area contributed by atoms with Crippen LogP contribution in [0.2, 0.25) is 0 Å². The summed E-state index contributed by atoms with van der Waals surface area (Å²) in [7, 11) is 0. The lowest BCUT2D eigenvalue weighted by Crippen LogP contribution is -2.39. The molecule has 112 valence electrons. The lowest BCUT2D eigenvalue weighted by atomic mass is 10.1. The molecule has 0 aliphatic carbocycles. The summed E-state index contributed by atoms with van der Waals surface area (Å²) in [6, 6.07) is 0.623. The van der Waals surface area contributed by atoms with Crippen LogP contribution >= 0.6 is 22.6 Å². The maximum absolute atomic E-state index is 5.73. The Morgan fingerprint density at radius 2 is 2.00 bits per heavy atom. The number of hydrogen-bond donors (Lipinski definition) is 1. The molecule has 2 N–H and O–H groups in total. The van der Waals surface area contributed by atoms with E-state index in [0.29, 0.717) is 6.04 Å². The Morgan fingerprint density at radius 3 is 2.65 bits per heavy atom. The lowest BCUT2D eigenvalue weighted by molar-refractivity contribution is 0.196. The molecule has 0 aromatic carbocycles. The fourth-order valence-electron chi connectivity index (χ4n) is 2.81. The van der Waals surface area contributed by atoms with Crippen molar-refractivity contribution >= 4 is 28.5 Å². The first-order valence-electron chi connectivity index (χ1n) is 7.41. The SMILES string of the molecule is CCC(CCN)N1CCCN(c2ncc(I)cn2)CC1. The summed E-state index contributed by atoms with van der Waals surface area (Å²) >= 11 is 2.24. The molecule has 0 spiro atoms. The predicted molar refractivity (Wildman–Crippen MR) is 90.9 cm³/mol. The third-order valence-corrected chi connectivity index (χ3v) is 4.46. The van der Waals surface area contributed by atoms with E-state index in [1.165, 1.54) is 6.42 Å². The first-order valence-corrected chi connectivity index (χ1v) is 8.49. The molecule has 1 aromatic rings. The van der Waals surface area contributed by atoms with Crippen molar-refractivity contribution in [1.82, 2.24) is 14.9 Å². The molecule has 6 heteroatoms. The molecule has 0 radical (unpaired) electrons. The van der Waals surface area contributed by atoms with Crippen LogP contribution in [-0.4, -0.2) is 53.6 Å². The van der Waals surface area contributed by atoms with Crippen LogP contribution in [0.15, 0.2) is 12.4 Å². The van der Waals surface area contributed by atoms with Gasteiger partial charge in [-0.2, -0.15) is 0 Å². The van der Waals surface area contributed by atoms with Crippen molar-refractivity contribution in [3.63, 3.8) is 0 Å². The second-order valence-electron chi connectivity index (χ2n) is 5.22. The van der Waals surface area contributed by atoms with Crippen molar-refractivity contribution in [2.75, 3.05) is 37.6 Å². The van der Waals surface area contributed by atoms with E-state index in [4.69, 9.17) is 5.73 Å². The molecule has 1 atom stereocenters. The largest absolute Gasteiger partial charge is 0.339 e. The highest BCUT2D eigenvalue weighted by molar-refractivity contribution is 14.1. The van der Waals surface area contributed by atoms with Crippen LogP contribution in [0.3, 0.4) is 0 Å². The van der Waals surface area contributed by atoms with E-state index in [9.17, 15) is 0 Å². The van der Waals surface area contributed by atoms with Crippen molar-refractivity contribution in [3.8, 4) is 0 Å². The number of nitrogens with zero attached hydrogens (tertiary/aromatic N) is 4. The lowest BCUT2D eigenvalue weighted by Gasteiger charge is -2.29. The van der Waals surface area contributed by atoms with Crippen molar-refractivity contribution in [3.05, 3.63) is 16.0 Å². The van der Waals surface area contributed by atoms with Gasteiger partial charge in [0.25, 0.3) is 0 Å². The first-order chi connectivity index (χ1) is 9.74. The topological polar surface area (TPSA) is 58.3 Å². The van der Waals surface area contributed by atoms with E-state index in [1.54, 1.807) is 0 Å². The second kappa shape index (κ2) is 8.09. The minimum Gasteiger partial charge on any atom is -0.339 e. The fourth-order valence-corrected chi connectivity index (χ4v) is 3.09. The molecule has 5 nitrogen and oxygen atoms in total. The van der Waals surface area contributed by atoms with E-state index in [0.717, 1.165) is 55.1 Å². The van der Waals surface area contributed by atoms with Crippen molar-refractivity contribution in [2.45, 2.75) is 32.2 Å². The Hall–Kier alpha value is -0.470. The quantitative estimate of drug-likeness (QED) is 0.778. The van der Waals surface area contributed by atoms with Gasteiger partial charge in [0.1, 0.15) is 0 Å². The molecule has 1 aromatic heterocycles. The minimum absolute atomic E-state index is 0.623. The minimum atomic E-state index is 0.623. The van der Waals surface area contributed by atoms with Gasteiger partial charge in [0, 0.05) is 48.2 Å². The maximum atomic E-state index is 5.73. The zero-order valence-electron chi connectivity index (χ0n) is 12.1. The van der Waals surface area contributed by atoms with Crippen LogP contribution < -0.4 is 10.6 Å². The Balaban J connectivity index is 1.96. The van der Waals surface area contributed by atoms with Gasteiger partial charge in [-0.1, -0.05) is 6.92 Å². The van der Waals surface area contributed by atoms with Gasteiger partial charge in [-0.3, -0.25) is 4.90 Å². The van der Waals surface area contributed by atoms with Crippen LogP contribution in [0.4, 0.5) is 5.95 Å². The summed E-state index contributed by atoms with van der Waals surface area (Å²) in [6.07, 6.45) is 7.20. The van der Waals surface area contributed by atoms with Crippen LogP contribution in [0.25, 0.3) is 0 Å². The van der Waals surface area contributed by atoms with E-state index in [1.807, 2.05) is 12.4 Å². The van der Waals surface area contributed by atoms with E-state index in [-0.39, 0.29) is 0 Å². The second-order valence-corrected chi connectivity index (χ2v) is 6.46. The van der Waals surface area contributed by atoms with Gasteiger partial charge in [-0.25, -0.2) is 9.97 Å². The van der Waals surface area contributed by atoms with E-state index in [2.05, 4.69) is 49.3 Å². The van der Waals surface area contributed by atoms with Gasteiger partial charge in [0.05, 0.1) is 0 Å². The molecule has 2 heterocycles. The summed E-state index contributed by atoms with van der Waals surface area (Å²) in [5.41, 5.74) is 5.73. The third-order valence-electron chi connectivity index (χ3n) is 3.91. The first kappa shape index (κ1) is 15.9. The monoisotopic (exact) mass is 389 g/mol. The zero-order chi connectivity index (χ0) is 14.4. The highest BCUT2D eigenvalue weighted by atomic mass is 127. The van der Waals surface area contributed by atoms with Gasteiger partial charge in [0.2, 0.25) is 5.95 Å². The van der Waals surface area contributed by atoms with Crippen LogP contribution in [0.1, 0.15) is 26.2 Å². The number of rotatable bonds is 5. The van der Waals surface area contributed by atoms with E-state index < -0.39 is 0 Å².